The molecule has 2 fully saturated rings. The van der Waals surface area contributed by atoms with Gasteiger partial charge in [0, 0.05) is 24.1 Å². The molecule has 5 atom stereocenters. The summed E-state index contributed by atoms with van der Waals surface area (Å²) in [6, 6.07) is 4.13. The topological polar surface area (TPSA) is 116 Å². The monoisotopic (exact) mass is 419 g/mol. The second kappa shape index (κ2) is 6.81. The highest BCUT2D eigenvalue weighted by Gasteiger charge is 2.70. The van der Waals surface area contributed by atoms with Crippen LogP contribution in [0.5, 0.6) is 0 Å². The fourth-order valence-corrected chi connectivity index (χ4v) is 5.18. The Morgan fingerprint density at radius 1 is 1.31 bits per heavy atom. The number of likely N-dealkylation sites (tertiary alicyclic amines) is 1. The summed E-state index contributed by atoms with van der Waals surface area (Å²) in [5.41, 5.74) is -0.496. The van der Waals surface area contributed by atoms with Crippen molar-refractivity contribution in [3.8, 4) is 0 Å². The lowest BCUT2D eigenvalue weighted by Gasteiger charge is -2.31. The average molecular weight is 420 g/mol. The van der Waals surface area contributed by atoms with Crippen LogP contribution in [-0.2, 0) is 24.7 Å². The summed E-state index contributed by atoms with van der Waals surface area (Å²) in [6.07, 6.45) is 0.548. The SMILES string of the molecule is CC[C@@H](C)N1C(=O)[C@H]2[C@@H](C1=O)[C@]1(N[C@@H]2CCC(=O)O)C(=O)Nc2c(Cl)cccc21. The van der Waals surface area contributed by atoms with E-state index >= 15 is 0 Å². The molecule has 1 aromatic carbocycles. The number of anilines is 1. The van der Waals surface area contributed by atoms with Crippen LogP contribution in [0, 0.1) is 11.8 Å². The fraction of sp³-hybridized carbons (Fsp3) is 0.500. The smallest absolute Gasteiger partial charge is 0.303 e. The van der Waals surface area contributed by atoms with Gasteiger partial charge in [0.2, 0.25) is 17.7 Å². The highest BCUT2D eigenvalue weighted by molar-refractivity contribution is 6.35. The van der Waals surface area contributed by atoms with Crippen LogP contribution >= 0.6 is 11.6 Å². The molecule has 3 aliphatic rings. The summed E-state index contributed by atoms with van der Waals surface area (Å²) in [6.45, 7) is 3.68. The molecule has 9 heteroatoms. The average Bonchev–Trinajstić information content (AvgIpc) is 3.26. The zero-order valence-electron chi connectivity index (χ0n) is 16.1. The molecule has 4 rings (SSSR count). The van der Waals surface area contributed by atoms with Crippen LogP contribution in [0.4, 0.5) is 5.69 Å². The lowest BCUT2D eigenvalue weighted by atomic mass is 9.76. The zero-order valence-corrected chi connectivity index (χ0v) is 16.8. The number of carboxylic acid groups (broad SMARTS) is 1. The van der Waals surface area contributed by atoms with Crippen molar-refractivity contribution in [2.75, 3.05) is 5.32 Å². The minimum Gasteiger partial charge on any atom is -0.481 e. The maximum atomic E-state index is 13.4. The maximum Gasteiger partial charge on any atom is 0.303 e. The third-order valence-electron chi connectivity index (χ3n) is 6.43. The number of aliphatic carboxylic acids is 1. The molecule has 0 radical (unpaired) electrons. The Labute approximate surface area is 172 Å². The van der Waals surface area contributed by atoms with E-state index in [4.69, 9.17) is 16.7 Å². The number of amides is 3. The molecule has 3 aliphatic heterocycles. The molecule has 29 heavy (non-hydrogen) atoms. The molecule has 0 unspecified atom stereocenters. The van der Waals surface area contributed by atoms with Gasteiger partial charge in [0.25, 0.3) is 0 Å². The van der Waals surface area contributed by atoms with Crippen LogP contribution in [0.1, 0.15) is 38.7 Å². The number of imide groups is 1. The third kappa shape index (κ3) is 2.62. The Morgan fingerprint density at radius 2 is 2.03 bits per heavy atom. The number of halogens is 1. The van der Waals surface area contributed by atoms with Gasteiger partial charge in [-0.1, -0.05) is 30.7 Å². The van der Waals surface area contributed by atoms with Crippen molar-refractivity contribution in [1.82, 2.24) is 10.2 Å². The van der Waals surface area contributed by atoms with E-state index in [0.717, 1.165) is 0 Å². The highest BCUT2D eigenvalue weighted by atomic mass is 35.5. The number of para-hydroxylation sites is 1. The number of nitrogens with zero attached hydrogens (tertiary/aromatic N) is 1. The van der Waals surface area contributed by atoms with Gasteiger partial charge in [-0.2, -0.15) is 0 Å². The van der Waals surface area contributed by atoms with Gasteiger partial charge in [-0.05, 0) is 25.8 Å². The number of carbonyl (C=O) groups is 4. The van der Waals surface area contributed by atoms with Crippen molar-refractivity contribution in [3.05, 3.63) is 28.8 Å². The zero-order chi connectivity index (χ0) is 21.1. The molecule has 3 amide bonds. The first-order valence-electron chi connectivity index (χ1n) is 9.70. The summed E-state index contributed by atoms with van der Waals surface area (Å²) in [7, 11) is 0. The van der Waals surface area contributed by atoms with Crippen LogP contribution in [0.25, 0.3) is 0 Å². The Morgan fingerprint density at radius 3 is 2.69 bits per heavy atom. The normalized spacial score (nSPS) is 31.2. The van der Waals surface area contributed by atoms with E-state index in [-0.39, 0.29) is 24.8 Å². The van der Waals surface area contributed by atoms with E-state index in [1.807, 2.05) is 6.92 Å². The van der Waals surface area contributed by atoms with Crippen molar-refractivity contribution in [2.24, 2.45) is 11.8 Å². The van der Waals surface area contributed by atoms with Gasteiger partial charge < -0.3 is 10.4 Å². The summed E-state index contributed by atoms with van der Waals surface area (Å²) in [5, 5.41) is 15.4. The Hall–Kier alpha value is -2.45. The van der Waals surface area contributed by atoms with Gasteiger partial charge in [-0.25, -0.2) is 0 Å². The van der Waals surface area contributed by atoms with Gasteiger partial charge in [-0.15, -0.1) is 0 Å². The third-order valence-corrected chi connectivity index (χ3v) is 6.75. The molecule has 0 aliphatic carbocycles. The summed E-state index contributed by atoms with van der Waals surface area (Å²) in [5.74, 6) is -3.94. The Kier molecular flexibility index (Phi) is 4.66. The van der Waals surface area contributed by atoms with Crippen molar-refractivity contribution in [1.29, 1.82) is 0 Å². The van der Waals surface area contributed by atoms with E-state index in [9.17, 15) is 19.2 Å². The van der Waals surface area contributed by atoms with Crippen molar-refractivity contribution >= 4 is 41.0 Å². The van der Waals surface area contributed by atoms with Gasteiger partial charge in [0.15, 0.2) is 0 Å². The number of nitrogens with one attached hydrogen (secondary N) is 2. The minimum atomic E-state index is -1.44. The van der Waals surface area contributed by atoms with Crippen molar-refractivity contribution in [3.63, 3.8) is 0 Å². The Bertz CT molecular complexity index is 935. The molecule has 1 spiro atoms. The molecule has 0 saturated carbocycles. The molecule has 0 bridgehead atoms. The second-order valence-corrected chi connectivity index (χ2v) is 8.32. The Balaban J connectivity index is 1.86. The highest BCUT2D eigenvalue weighted by Crippen LogP contribution is 2.54. The standard InChI is InChI=1S/C20H22ClN3O5/c1-3-9(2)24-17(27)14-12(7-8-13(25)26)23-20(15(14)18(24)28)10-5-4-6-11(21)16(10)22-19(20)29/h4-6,9,12,14-15,23H,3,7-8H2,1-2H3,(H,22,29)(H,25,26)/t9-,12-,14-,15+,20+/m1/s1. The van der Waals surface area contributed by atoms with Crippen LogP contribution in [0.3, 0.4) is 0 Å². The predicted molar refractivity (Wildman–Crippen MR) is 104 cm³/mol. The number of benzene rings is 1. The van der Waals surface area contributed by atoms with Gasteiger partial charge >= 0.3 is 5.97 Å². The number of carbonyl (C=O) groups excluding carboxylic acids is 3. The molecule has 0 aromatic heterocycles. The number of carboxylic acids is 1. The maximum absolute atomic E-state index is 13.4. The first-order chi connectivity index (χ1) is 13.7. The van der Waals surface area contributed by atoms with Crippen molar-refractivity contribution in [2.45, 2.75) is 50.7 Å². The lowest BCUT2D eigenvalue weighted by Crippen LogP contribution is -2.54. The largest absolute Gasteiger partial charge is 0.481 e. The van der Waals surface area contributed by atoms with Gasteiger partial charge in [0.05, 0.1) is 22.5 Å². The van der Waals surface area contributed by atoms with E-state index in [1.54, 1.807) is 25.1 Å². The first-order valence-corrected chi connectivity index (χ1v) is 10.1. The molecule has 154 valence electrons. The lowest BCUT2D eigenvalue weighted by molar-refractivity contribution is -0.145. The molecular weight excluding hydrogens is 398 g/mol. The first kappa shape index (κ1) is 19.8. The van der Waals surface area contributed by atoms with Crippen LogP contribution < -0.4 is 10.6 Å². The van der Waals surface area contributed by atoms with Gasteiger partial charge in [-0.3, -0.25) is 29.4 Å². The van der Waals surface area contributed by atoms with E-state index in [1.165, 1.54) is 4.90 Å². The number of hydrogen-bond donors (Lipinski definition) is 3. The molecule has 3 N–H and O–H groups in total. The molecule has 2 saturated heterocycles. The molecule has 3 heterocycles. The van der Waals surface area contributed by atoms with Crippen LogP contribution in [0.2, 0.25) is 5.02 Å². The van der Waals surface area contributed by atoms with Crippen LogP contribution in [-0.4, -0.2) is 45.8 Å². The van der Waals surface area contributed by atoms with Crippen molar-refractivity contribution < 1.29 is 24.3 Å². The summed E-state index contributed by atoms with van der Waals surface area (Å²) < 4.78 is 0. The number of fused-ring (bicyclic) bond motifs is 4. The van der Waals surface area contributed by atoms with Gasteiger partial charge in [0.1, 0.15) is 5.54 Å². The van der Waals surface area contributed by atoms with E-state index in [0.29, 0.717) is 22.7 Å². The molecule has 1 aromatic rings. The van der Waals surface area contributed by atoms with Crippen LogP contribution in [0.15, 0.2) is 18.2 Å². The number of rotatable bonds is 5. The quantitative estimate of drug-likeness (QED) is 0.626. The predicted octanol–water partition coefficient (Wildman–Crippen LogP) is 1.72. The second-order valence-electron chi connectivity index (χ2n) is 7.91. The number of hydrogen-bond acceptors (Lipinski definition) is 5. The molecular formula is C20H22ClN3O5. The van der Waals surface area contributed by atoms with E-state index < -0.39 is 41.2 Å². The summed E-state index contributed by atoms with van der Waals surface area (Å²) in [4.78, 5) is 52.3. The minimum absolute atomic E-state index is 0.134. The van der Waals surface area contributed by atoms with E-state index in [2.05, 4.69) is 10.6 Å². The fourth-order valence-electron chi connectivity index (χ4n) is 4.96. The summed E-state index contributed by atoms with van der Waals surface area (Å²) >= 11 is 6.26. The molecule has 8 nitrogen and oxygen atoms in total.